The monoisotopic (exact) mass is 313 g/mol. The number of methoxy groups -OCH3 is 2. The topological polar surface area (TPSA) is 47.6 Å². The van der Waals surface area contributed by atoms with Gasteiger partial charge in [-0.3, -0.25) is 4.79 Å². The average Bonchev–Trinajstić information content (AvgIpc) is 2.59. The number of nitrogens with one attached hydrogen (secondary N) is 1. The SMILES string of the molecule is COc1ccc(NC(c2ccc(OC)cc2)C(C)C(C)=O)cc1. The molecule has 0 radical (unpaired) electrons. The van der Waals surface area contributed by atoms with E-state index in [1.165, 1.54) is 0 Å². The van der Waals surface area contributed by atoms with E-state index in [2.05, 4.69) is 5.32 Å². The summed E-state index contributed by atoms with van der Waals surface area (Å²) in [5.74, 6) is 1.60. The minimum atomic E-state index is -0.148. The molecule has 0 aliphatic carbocycles. The smallest absolute Gasteiger partial charge is 0.135 e. The first-order valence-corrected chi connectivity index (χ1v) is 7.60. The molecule has 122 valence electrons. The minimum Gasteiger partial charge on any atom is -0.497 e. The van der Waals surface area contributed by atoms with Gasteiger partial charge in [0.1, 0.15) is 17.3 Å². The van der Waals surface area contributed by atoms with Crippen LogP contribution in [0.5, 0.6) is 11.5 Å². The second kappa shape index (κ2) is 7.68. The quantitative estimate of drug-likeness (QED) is 0.836. The zero-order valence-corrected chi connectivity index (χ0v) is 14.0. The number of rotatable bonds is 7. The van der Waals surface area contributed by atoms with E-state index < -0.39 is 0 Å². The molecule has 0 aliphatic heterocycles. The van der Waals surface area contributed by atoms with Crippen molar-refractivity contribution in [2.75, 3.05) is 19.5 Å². The fourth-order valence-electron chi connectivity index (χ4n) is 2.41. The number of Topliss-reactive ketones (excluding diaryl/α,β-unsaturated/α-hetero) is 1. The summed E-state index contributed by atoms with van der Waals surface area (Å²) >= 11 is 0. The van der Waals surface area contributed by atoms with Crippen LogP contribution in [0.1, 0.15) is 25.5 Å². The molecule has 0 amide bonds. The van der Waals surface area contributed by atoms with Gasteiger partial charge in [0.05, 0.1) is 20.3 Å². The van der Waals surface area contributed by atoms with Gasteiger partial charge < -0.3 is 14.8 Å². The summed E-state index contributed by atoms with van der Waals surface area (Å²) in [7, 11) is 3.28. The normalized spacial score (nSPS) is 13.0. The van der Waals surface area contributed by atoms with Gasteiger partial charge in [-0.25, -0.2) is 0 Å². The summed E-state index contributed by atoms with van der Waals surface area (Å²) < 4.78 is 10.4. The highest BCUT2D eigenvalue weighted by molar-refractivity contribution is 5.79. The van der Waals surface area contributed by atoms with E-state index in [0.717, 1.165) is 22.7 Å². The van der Waals surface area contributed by atoms with Crippen molar-refractivity contribution >= 4 is 11.5 Å². The standard InChI is InChI=1S/C19H23NO3/c1-13(14(2)21)19(15-5-9-17(22-3)10-6-15)20-16-7-11-18(23-4)12-8-16/h5-13,19-20H,1-4H3. The third-order valence-electron chi connectivity index (χ3n) is 4.03. The Morgan fingerprint density at radius 2 is 1.39 bits per heavy atom. The fraction of sp³-hybridized carbons (Fsp3) is 0.316. The first-order chi connectivity index (χ1) is 11.0. The van der Waals surface area contributed by atoms with Gasteiger partial charge in [-0.15, -0.1) is 0 Å². The number of carbonyl (C=O) groups is 1. The molecular formula is C19H23NO3. The summed E-state index contributed by atoms with van der Waals surface area (Å²) in [4.78, 5) is 11.9. The number of hydrogen-bond donors (Lipinski definition) is 1. The Morgan fingerprint density at radius 1 is 0.913 bits per heavy atom. The first-order valence-electron chi connectivity index (χ1n) is 7.60. The maximum absolute atomic E-state index is 11.9. The fourth-order valence-corrected chi connectivity index (χ4v) is 2.41. The van der Waals surface area contributed by atoms with Crippen molar-refractivity contribution in [3.05, 3.63) is 54.1 Å². The van der Waals surface area contributed by atoms with Crippen molar-refractivity contribution in [2.45, 2.75) is 19.9 Å². The van der Waals surface area contributed by atoms with Crippen molar-refractivity contribution in [3.8, 4) is 11.5 Å². The number of ether oxygens (including phenoxy) is 2. The molecule has 2 rings (SSSR count). The summed E-state index contributed by atoms with van der Waals surface area (Å²) in [6.07, 6.45) is 0. The molecule has 2 unspecified atom stereocenters. The van der Waals surface area contributed by atoms with Crippen LogP contribution in [0.3, 0.4) is 0 Å². The number of anilines is 1. The van der Waals surface area contributed by atoms with Gasteiger partial charge in [-0.2, -0.15) is 0 Å². The molecule has 23 heavy (non-hydrogen) atoms. The molecule has 4 heteroatoms. The zero-order chi connectivity index (χ0) is 16.8. The minimum absolute atomic E-state index is 0.105. The number of ketones is 1. The molecular weight excluding hydrogens is 290 g/mol. The van der Waals surface area contributed by atoms with E-state index in [9.17, 15) is 4.79 Å². The zero-order valence-electron chi connectivity index (χ0n) is 14.0. The summed E-state index contributed by atoms with van der Waals surface area (Å²) in [6.45, 7) is 3.56. The molecule has 1 N–H and O–H groups in total. The van der Waals surface area contributed by atoms with Gasteiger partial charge in [0.2, 0.25) is 0 Å². The van der Waals surface area contributed by atoms with Crippen LogP contribution >= 0.6 is 0 Å². The van der Waals surface area contributed by atoms with Gasteiger partial charge in [-0.05, 0) is 48.9 Å². The Bertz CT molecular complexity index is 635. The Morgan fingerprint density at radius 3 is 1.83 bits per heavy atom. The maximum atomic E-state index is 11.9. The lowest BCUT2D eigenvalue weighted by Gasteiger charge is -2.25. The van der Waals surface area contributed by atoms with E-state index in [1.807, 2.05) is 55.5 Å². The average molecular weight is 313 g/mol. The third kappa shape index (κ3) is 4.25. The van der Waals surface area contributed by atoms with Crippen LogP contribution < -0.4 is 14.8 Å². The van der Waals surface area contributed by atoms with E-state index in [1.54, 1.807) is 21.1 Å². The Hall–Kier alpha value is -2.49. The number of carbonyl (C=O) groups excluding carboxylic acids is 1. The molecule has 0 heterocycles. The summed E-state index contributed by atoms with van der Waals surface area (Å²) in [6, 6.07) is 15.4. The third-order valence-corrected chi connectivity index (χ3v) is 4.03. The number of benzene rings is 2. The van der Waals surface area contributed by atoms with Crippen molar-refractivity contribution in [3.63, 3.8) is 0 Å². The Balaban J connectivity index is 2.27. The largest absolute Gasteiger partial charge is 0.497 e. The molecule has 0 aliphatic rings. The highest BCUT2D eigenvalue weighted by atomic mass is 16.5. The highest BCUT2D eigenvalue weighted by Crippen LogP contribution is 2.29. The predicted molar refractivity (Wildman–Crippen MR) is 92.2 cm³/mol. The van der Waals surface area contributed by atoms with Crippen LogP contribution in [-0.2, 0) is 4.79 Å². The van der Waals surface area contributed by atoms with Crippen LogP contribution in [0, 0.1) is 5.92 Å². The predicted octanol–water partition coefficient (Wildman–Crippen LogP) is 4.08. The van der Waals surface area contributed by atoms with Crippen molar-refractivity contribution in [2.24, 2.45) is 5.92 Å². The summed E-state index contributed by atoms with van der Waals surface area (Å²) in [5, 5.41) is 3.45. The molecule has 0 saturated carbocycles. The van der Waals surface area contributed by atoms with Crippen LogP contribution in [0.2, 0.25) is 0 Å². The number of hydrogen-bond acceptors (Lipinski definition) is 4. The van der Waals surface area contributed by atoms with Crippen molar-refractivity contribution in [1.29, 1.82) is 0 Å². The Labute approximate surface area is 137 Å². The second-order valence-electron chi connectivity index (χ2n) is 5.52. The van der Waals surface area contributed by atoms with Gasteiger partial charge in [-0.1, -0.05) is 19.1 Å². The molecule has 0 fully saturated rings. The lowest BCUT2D eigenvalue weighted by atomic mass is 9.91. The van der Waals surface area contributed by atoms with Gasteiger partial charge in [0.25, 0.3) is 0 Å². The van der Waals surface area contributed by atoms with Crippen LogP contribution in [0.15, 0.2) is 48.5 Å². The van der Waals surface area contributed by atoms with E-state index >= 15 is 0 Å². The first kappa shape index (κ1) is 16.9. The molecule has 2 aromatic rings. The molecule has 0 aromatic heterocycles. The van der Waals surface area contributed by atoms with Crippen molar-refractivity contribution < 1.29 is 14.3 Å². The van der Waals surface area contributed by atoms with Crippen LogP contribution in [0.25, 0.3) is 0 Å². The molecule has 0 spiro atoms. The maximum Gasteiger partial charge on any atom is 0.135 e. The van der Waals surface area contributed by atoms with Gasteiger partial charge in [0, 0.05) is 11.6 Å². The van der Waals surface area contributed by atoms with Crippen LogP contribution in [-0.4, -0.2) is 20.0 Å². The molecule has 0 bridgehead atoms. The molecule has 2 aromatic carbocycles. The summed E-state index contributed by atoms with van der Waals surface area (Å²) in [5.41, 5.74) is 1.99. The second-order valence-corrected chi connectivity index (χ2v) is 5.52. The van der Waals surface area contributed by atoms with E-state index in [-0.39, 0.29) is 17.7 Å². The lowest BCUT2D eigenvalue weighted by Crippen LogP contribution is -2.24. The van der Waals surface area contributed by atoms with Crippen molar-refractivity contribution in [1.82, 2.24) is 0 Å². The van der Waals surface area contributed by atoms with E-state index in [0.29, 0.717) is 0 Å². The van der Waals surface area contributed by atoms with E-state index in [4.69, 9.17) is 9.47 Å². The Kier molecular flexibility index (Phi) is 5.63. The van der Waals surface area contributed by atoms with Crippen LogP contribution in [0.4, 0.5) is 5.69 Å². The molecule has 2 atom stereocenters. The van der Waals surface area contributed by atoms with Gasteiger partial charge >= 0.3 is 0 Å². The molecule has 4 nitrogen and oxygen atoms in total. The highest BCUT2D eigenvalue weighted by Gasteiger charge is 2.23. The lowest BCUT2D eigenvalue weighted by molar-refractivity contribution is -0.120. The van der Waals surface area contributed by atoms with Gasteiger partial charge in [0.15, 0.2) is 0 Å². The molecule has 0 saturated heterocycles.